The molecule has 0 saturated heterocycles. The van der Waals surface area contributed by atoms with Crippen molar-refractivity contribution in [3.63, 3.8) is 0 Å². The molecule has 0 radical (unpaired) electrons. The molecule has 0 saturated carbocycles. The summed E-state index contributed by atoms with van der Waals surface area (Å²) in [4.78, 5) is 16.5. The van der Waals surface area contributed by atoms with Crippen LogP contribution in [0.1, 0.15) is 42.2 Å². The molecular weight excluding hydrogens is 471 g/mol. The summed E-state index contributed by atoms with van der Waals surface area (Å²) < 4.78 is 0. The van der Waals surface area contributed by atoms with Gasteiger partial charge in [0.25, 0.3) is 0 Å². The monoisotopic (exact) mass is 500 g/mol. The van der Waals surface area contributed by atoms with Gasteiger partial charge in [0, 0.05) is 30.4 Å². The fraction of sp³-hybridized carbons (Fsp3) is 0.308. The third-order valence-corrected chi connectivity index (χ3v) is 6.18. The van der Waals surface area contributed by atoms with E-state index >= 15 is 0 Å². The fourth-order valence-corrected chi connectivity index (χ4v) is 3.95. The maximum Gasteiger partial charge on any atom is 0.224 e. The number of β-amino-alcohol motifs (C(OH)–C–C–N with tert-alkyl or cyclic N) is 1. The lowest BCUT2D eigenvalue weighted by Gasteiger charge is -2.28. The van der Waals surface area contributed by atoms with Crippen LogP contribution in [0, 0.1) is 0 Å². The van der Waals surface area contributed by atoms with Crippen molar-refractivity contribution in [2.24, 2.45) is 0 Å². The minimum Gasteiger partial charge on any atom is -0.387 e. The van der Waals surface area contributed by atoms with Crippen LogP contribution in [0.2, 0.25) is 10.0 Å². The number of halogens is 2. The summed E-state index contributed by atoms with van der Waals surface area (Å²) >= 11 is 12.0. The van der Waals surface area contributed by atoms with E-state index in [0.717, 1.165) is 23.1 Å². The third kappa shape index (κ3) is 7.99. The average Bonchev–Trinajstić information content (AvgIpc) is 2.79. The molecule has 8 heteroatoms. The number of aliphatic hydroxyl groups excluding tert-OH is 1. The van der Waals surface area contributed by atoms with Crippen molar-refractivity contribution in [2.75, 3.05) is 12.3 Å². The zero-order valence-corrected chi connectivity index (χ0v) is 20.8. The number of nitrogens with two attached hydrogens (primary N) is 1. The molecule has 1 amide bonds. The smallest absolute Gasteiger partial charge is 0.224 e. The van der Waals surface area contributed by atoms with Crippen LogP contribution in [0.15, 0.2) is 60.8 Å². The van der Waals surface area contributed by atoms with Gasteiger partial charge in [0.15, 0.2) is 0 Å². The molecule has 0 fully saturated rings. The molecule has 6 nitrogen and oxygen atoms in total. The molecule has 1 atom stereocenters. The Balaban J connectivity index is 1.51. The Morgan fingerprint density at radius 1 is 1.06 bits per heavy atom. The predicted molar refractivity (Wildman–Crippen MR) is 138 cm³/mol. The number of aliphatic hydroxyl groups is 1. The van der Waals surface area contributed by atoms with Gasteiger partial charge in [-0.2, -0.15) is 0 Å². The Morgan fingerprint density at radius 3 is 2.53 bits per heavy atom. The van der Waals surface area contributed by atoms with Gasteiger partial charge < -0.3 is 21.5 Å². The highest BCUT2D eigenvalue weighted by molar-refractivity contribution is 6.42. The number of rotatable bonds is 10. The molecule has 1 heterocycles. The van der Waals surface area contributed by atoms with Gasteiger partial charge in [-0.15, -0.1) is 0 Å². The zero-order valence-electron chi connectivity index (χ0n) is 19.3. The molecular formula is C26H30Cl2N4O2. The van der Waals surface area contributed by atoms with Crippen LogP contribution in [-0.4, -0.2) is 28.1 Å². The number of nitrogens with zero attached hydrogens (tertiary/aromatic N) is 1. The second-order valence-corrected chi connectivity index (χ2v) is 9.81. The van der Waals surface area contributed by atoms with Gasteiger partial charge in [-0.25, -0.2) is 4.98 Å². The number of nitrogens with one attached hydrogen (secondary N) is 2. The molecule has 2 aromatic carbocycles. The number of carbonyl (C=O) groups excluding carboxylic acids is 1. The van der Waals surface area contributed by atoms with E-state index in [4.69, 9.17) is 28.9 Å². The Kier molecular flexibility index (Phi) is 8.91. The van der Waals surface area contributed by atoms with Crippen LogP contribution in [0.5, 0.6) is 0 Å². The summed E-state index contributed by atoms with van der Waals surface area (Å²) in [6, 6.07) is 16.8. The lowest BCUT2D eigenvalue weighted by molar-refractivity contribution is -0.120. The minimum atomic E-state index is -0.682. The minimum absolute atomic E-state index is 0.0687. The van der Waals surface area contributed by atoms with E-state index in [1.54, 1.807) is 30.5 Å². The second kappa shape index (κ2) is 11.7. The summed E-state index contributed by atoms with van der Waals surface area (Å²) in [5, 5.41) is 17.7. The number of pyridine rings is 1. The summed E-state index contributed by atoms with van der Waals surface area (Å²) in [5.74, 6) is 0.355. The highest BCUT2D eigenvalue weighted by Gasteiger charge is 2.20. The Labute approximate surface area is 210 Å². The topological polar surface area (TPSA) is 100 Å². The first-order valence-electron chi connectivity index (χ1n) is 11.0. The first kappa shape index (κ1) is 26.0. The van der Waals surface area contributed by atoms with Gasteiger partial charge in [0.1, 0.15) is 5.82 Å². The number of amides is 1. The quantitative estimate of drug-likeness (QED) is 0.329. The lowest BCUT2D eigenvalue weighted by atomic mass is 9.93. The van der Waals surface area contributed by atoms with Gasteiger partial charge in [-0.3, -0.25) is 4.79 Å². The lowest BCUT2D eigenvalue weighted by Crippen LogP contribution is -2.43. The Morgan fingerprint density at radius 2 is 1.82 bits per heavy atom. The van der Waals surface area contributed by atoms with Crippen LogP contribution >= 0.6 is 23.2 Å². The first-order valence-corrected chi connectivity index (χ1v) is 11.8. The molecule has 0 bridgehead atoms. The van der Waals surface area contributed by atoms with E-state index in [-0.39, 0.29) is 17.9 Å². The number of hydrogen-bond acceptors (Lipinski definition) is 5. The molecule has 0 spiro atoms. The van der Waals surface area contributed by atoms with Crippen molar-refractivity contribution in [3.8, 4) is 0 Å². The number of nitrogen functional groups attached to an aromatic ring is 1. The normalized spacial score (nSPS) is 12.4. The van der Waals surface area contributed by atoms with Crippen LogP contribution in [0.4, 0.5) is 5.82 Å². The summed E-state index contributed by atoms with van der Waals surface area (Å²) in [7, 11) is 0. The van der Waals surface area contributed by atoms with Crippen molar-refractivity contribution >= 4 is 34.9 Å². The average molecular weight is 501 g/mol. The zero-order chi connectivity index (χ0) is 24.7. The SMILES string of the molecule is CC(C)(Cc1cccc(CC(=O)NCc2ccc(Cl)c(Cl)c2)c1)NC[C@H](O)c1ccc(N)nc1. The molecule has 0 aliphatic rings. The molecule has 34 heavy (non-hydrogen) atoms. The van der Waals surface area contributed by atoms with Gasteiger partial charge in [-0.05, 0) is 55.2 Å². The molecule has 0 aliphatic carbocycles. The fourth-order valence-electron chi connectivity index (χ4n) is 3.63. The van der Waals surface area contributed by atoms with Crippen LogP contribution in [0.25, 0.3) is 0 Å². The van der Waals surface area contributed by atoms with E-state index in [1.807, 2.05) is 30.3 Å². The standard InChI is InChI=1S/C26H30Cl2N4O2/c1-26(2,32-16-23(33)20-7-9-24(29)30-15-20)13-18-5-3-4-17(10-18)12-25(34)31-14-19-6-8-21(27)22(28)11-19/h3-11,15,23,32-33H,12-14,16H2,1-2H3,(H2,29,30)(H,31,34)/t23-/m0/s1. The van der Waals surface area contributed by atoms with Crippen molar-refractivity contribution in [1.29, 1.82) is 0 Å². The van der Waals surface area contributed by atoms with Gasteiger partial charge >= 0.3 is 0 Å². The molecule has 3 aromatic rings. The first-order chi connectivity index (χ1) is 16.1. The van der Waals surface area contributed by atoms with Crippen molar-refractivity contribution in [1.82, 2.24) is 15.6 Å². The molecule has 1 aromatic heterocycles. The van der Waals surface area contributed by atoms with E-state index in [0.29, 0.717) is 34.5 Å². The summed E-state index contributed by atoms with van der Waals surface area (Å²) in [5.41, 5.74) is 8.99. The van der Waals surface area contributed by atoms with E-state index in [9.17, 15) is 9.90 Å². The van der Waals surface area contributed by atoms with Crippen molar-refractivity contribution in [2.45, 2.75) is 44.9 Å². The van der Waals surface area contributed by atoms with Crippen molar-refractivity contribution in [3.05, 3.63) is 93.1 Å². The molecule has 3 rings (SSSR count). The number of hydrogen-bond donors (Lipinski definition) is 4. The molecule has 5 N–H and O–H groups in total. The predicted octanol–water partition coefficient (Wildman–Crippen LogP) is 4.47. The number of anilines is 1. The molecule has 0 aliphatic heterocycles. The largest absolute Gasteiger partial charge is 0.387 e. The van der Waals surface area contributed by atoms with Gasteiger partial charge in [0.05, 0.1) is 22.6 Å². The second-order valence-electron chi connectivity index (χ2n) is 9.00. The maximum atomic E-state index is 12.4. The number of benzene rings is 2. The summed E-state index contributed by atoms with van der Waals surface area (Å²) in [6.07, 6.45) is 1.92. The Bertz CT molecular complexity index is 1120. The number of carbonyl (C=O) groups is 1. The van der Waals surface area contributed by atoms with Crippen LogP contribution < -0.4 is 16.4 Å². The van der Waals surface area contributed by atoms with E-state index in [2.05, 4.69) is 29.5 Å². The molecule has 0 unspecified atom stereocenters. The highest BCUT2D eigenvalue weighted by Crippen LogP contribution is 2.22. The van der Waals surface area contributed by atoms with Gasteiger partial charge in [-0.1, -0.05) is 59.6 Å². The highest BCUT2D eigenvalue weighted by atomic mass is 35.5. The van der Waals surface area contributed by atoms with Crippen molar-refractivity contribution < 1.29 is 9.90 Å². The maximum absolute atomic E-state index is 12.4. The Hall–Kier alpha value is -2.64. The van der Waals surface area contributed by atoms with Gasteiger partial charge in [0.2, 0.25) is 5.91 Å². The molecule has 180 valence electrons. The van der Waals surface area contributed by atoms with E-state index in [1.165, 1.54) is 0 Å². The van der Waals surface area contributed by atoms with Crippen LogP contribution in [-0.2, 0) is 24.2 Å². The summed E-state index contributed by atoms with van der Waals surface area (Å²) in [6.45, 7) is 4.93. The number of aromatic nitrogens is 1. The van der Waals surface area contributed by atoms with E-state index < -0.39 is 6.10 Å². The van der Waals surface area contributed by atoms with Crippen LogP contribution in [0.3, 0.4) is 0 Å². The third-order valence-electron chi connectivity index (χ3n) is 5.44.